The van der Waals surface area contributed by atoms with Crippen LogP contribution in [0.4, 0.5) is 5.69 Å². The van der Waals surface area contributed by atoms with Crippen LogP contribution in [-0.4, -0.2) is 24.1 Å². The lowest BCUT2D eigenvalue weighted by Crippen LogP contribution is -2.14. The van der Waals surface area contributed by atoms with Gasteiger partial charge >= 0.3 is 5.97 Å². The molecule has 0 aromatic heterocycles. The molecule has 2 aromatic rings. The van der Waals surface area contributed by atoms with Crippen LogP contribution in [0.2, 0.25) is 5.02 Å². The summed E-state index contributed by atoms with van der Waals surface area (Å²) in [7, 11) is 1.50. The number of halogens is 1. The molecular weight excluding hydrogens is 356 g/mol. The van der Waals surface area contributed by atoms with Crippen LogP contribution in [0.15, 0.2) is 48.2 Å². The van der Waals surface area contributed by atoms with Crippen LogP contribution in [0.1, 0.15) is 29.3 Å². The van der Waals surface area contributed by atoms with Gasteiger partial charge < -0.3 is 20.9 Å². The van der Waals surface area contributed by atoms with Gasteiger partial charge in [0, 0.05) is 27.5 Å². The van der Waals surface area contributed by atoms with Crippen molar-refractivity contribution in [1.29, 1.82) is 0 Å². The van der Waals surface area contributed by atoms with Crippen LogP contribution in [0.3, 0.4) is 0 Å². The Morgan fingerprint density at radius 1 is 1.19 bits per heavy atom. The summed E-state index contributed by atoms with van der Waals surface area (Å²) in [5, 5.41) is 12.5. The summed E-state index contributed by atoms with van der Waals surface area (Å²) in [6.45, 7) is 1.61. The van der Waals surface area contributed by atoms with Gasteiger partial charge in [-0.05, 0) is 55.0 Å². The number of carboxylic acid groups (broad SMARTS) is 1. The molecule has 0 unspecified atom stereocenters. The van der Waals surface area contributed by atoms with Crippen LogP contribution in [0.5, 0.6) is 5.75 Å². The van der Waals surface area contributed by atoms with E-state index in [-0.39, 0.29) is 12.3 Å². The highest BCUT2D eigenvalue weighted by atomic mass is 35.5. The maximum atomic E-state index is 12.5. The van der Waals surface area contributed by atoms with E-state index in [2.05, 4.69) is 5.32 Å². The molecule has 1 amide bonds. The predicted molar refractivity (Wildman–Crippen MR) is 101 cm³/mol. The lowest BCUT2D eigenvalue weighted by Gasteiger charge is -2.16. The first-order valence-electron chi connectivity index (χ1n) is 7.74. The number of methoxy groups -OCH3 is 1. The van der Waals surface area contributed by atoms with E-state index in [1.54, 1.807) is 49.4 Å². The number of allylic oxidation sites excluding steroid dienone is 1. The molecule has 2 rings (SSSR count). The van der Waals surface area contributed by atoms with Crippen LogP contribution in [0, 0.1) is 0 Å². The Hall–Kier alpha value is -2.99. The molecule has 0 atom stereocenters. The molecule has 26 heavy (non-hydrogen) atoms. The van der Waals surface area contributed by atoms with Crippen molar-refractivity contribution in [3.05, 3.63) is 64.3 Å². The largest absolute Gasteiger partial charge is 0.497 e. The smallest absolute Gasteiger partial charge is 0.307 e. The average molecular weight is 375 g/mol. The van der Waals surface area contributed by atoms with Gasteiger partial charge in [0.1, 0.15) is 5.75 Å². The van der Waals surface area contributed by atoms with E-state index in [0.29, 0.717) is 38.9 Å². The standard InChI is InChI=1S/C19H19ClN2O4/c1-11(21)15(10-18(23)24)16-9-14(26-2)7-8-17(16)22-19(25)12-3-5-13(20)6-4-12/h3-9H,10,21H2,1-2H3,(H,22,25)(H,23,24)/b15-11+. The number of benzene rings is 2. The molecule has 0 aliphatic heterocycles. The lowest BCUT2D eigenvalue weighted by atomic mass is 9.98. The van der Waals surface area contributed by atoms with Crippen molar-refractivity contribution in [3.8, 4) is 5.75 Å². The van der Waals surface area contributed by atoms with Gasteiger partial charge in [-0.15, -0.1) is 0 Å². The van der Waals surface area contributed by atoms with Crippen LogP contribution in [-0.2, 0) is 4.79 Å². The molecule has 136 valence electrons. The summed E-state index contributed by atoms with van der Waals surface area (Å²) in [6, 6.07) is 11.4. The minimum Gasteiger partial charge on any atom is -0.497 e. The van der Waals surface area contributed by atoms with E-state index < -0.39 is 5.97 Å². The van der Waals surface area contributed by atoms with E-state index in [4.69, 9.17) is 22.1 Å². The van der Waals surface area contributed by atoms with Gasteiger partial charge in [0.25, 0.3) is 5.91 Å². The zero-order valence-electron chi connectivity index (χ0n) is 14.4. The Morgan fingerprint density at radius 2 is 1.85 bits per heavy atom. The second kappa shape index (κ2) is 8.40. The first-order chi connectivity index (χ1) is 12.3. The van der Waals surface area contributed by atoms with Crippen LogP contribution < -0.4 is 15.8 Å². The third kappa shape index (κ3) is 4.77. The van der Waals surface area contributed by atoms with Gasteiger partial charge in [0.2, 0.25) is 0 Å². The number of carboxylic acids is 1. The molecule has 2 aromatic carbocycles. The highest BCUT2D eigenvalue weighted by Gasteiger charge is 2.17. The summed E-state index contributed by atoms with van der Waals surface area (Å²) in [5.41, 5.74) is 7.99. The molecule has 0 heterocycles. The van der Waals surface area contributed by atoms with Crippen molar-refractivity contribution >= 4 is 34.7 Å². The Labute approximate surface area is 156 Å². The zero-order chi connectivity index (χ0) is 19.3. The summed E-state index contributed by atoms with van der Waals surface area (Å²) in [5.74, 6) is -0.853. The second-order valence-electron chi connectivity index (χ2n) is 5.60. The van der Waals surface area contributed by atoms with Gasteiger partial charge in [0.05, 0.1) is 13.5 Å². The van der Waals surface area contributed by atoms with E-state index in [1.165, 1.54) is 7.11 Å². The van der Waals surface area contributed by atoms with Gasteiger partial charge in [-0.25, -0.2) is 0 Å². The van der Waals surface area contributed by atoms with Gasteiger partial charge in [-0.3, -0.25) is 9.59 Å². The Balaban J connectivity index is 2.44. The van der Waals surface area contributed by atoms with Crippen molar-refractivity contribution in [2.24, 2.45) is 5.73 Å². The number of ether oxygens (including phenoxy) is 1. The zero-order valence-corrected chi connectivity index (χ0v) is 15.1. The number of carbonyl (C=O) groups excluding carboxylic acids is 1. The molecule has 0 saturated carbocycles. The first-order valence-corrected chi connectivity index (χ1v) is 8.12. The van der Waals surface area contributed by atoms with E-state index in [0.717, 1.165) is 0 Å². The number of aliphatic carboxylic acids is 1. The lowest BCUT2D eigenvalue weighted by molar-refractivity contribution is -0.135. The predicted octanol–water partition coefficient (Wildman–Crippen LogP) is 3.77. The fourth-order valence-electron chi connectivity index (χ4n) is 2.40. The van der Waals surface area contributed by atoms with Crippen LogP contribution in [0.25, 0.3) is 5.57 Å². The Kier molecular flexibility index (Phi) is 6.25. The Bertz CT molecular complexity index is 856. The monoisotopic (exact) mass is 374 g/mol. The second-order valence-corrected chi connectivity index (χ2v) is 6.04. The minimum atomic E-state index is -1.03. The summed E-state index contributed by atoms with van der Waals surface area (Å²) in [6.07, 6.45) is -0.278. The molecule has 4 N–H and O–H groups in total. The molecule has 6 nitrogen and oxygen atoms in total. The summed E-state index contributed by atoms with van der Waals surface area (Å²) >= 11 is 5.84. The average Bonchev–Trinajstić information content (AvgIpc) is 2.60. The summed E-state index contributed by atoms with van der Waals surface area (Å²) in [4.78, 5) is 23.7. The maximum absolute atomic E-state index is 12.5. The topological polar surface area (TPSA) is 102 Å². The number of anilines is 1. The van der Waals surface area contributed by atoms with Crippen molar-refractivity contribution in [1.82, 2.24) is 0 Å². The normalized spacial score (nSPS) is 11.5. The molecule has 0 bridgehead atoms. The Morgan fingerprint density at radius 3 is 2.38 bits per heavy atom. The minimum absolute atomic E-state index is 0.278. The number of amides is 1. The van der Waals surface area contributed by atoms with Gasteiger partial charge in [-0.1, -0.05) is 11.6 Å². The maximum Gasteiger partial charge on any atom is 0.307 e. The molecule has 0 radical (unpaired) electrons. The molecule has 0 aliphatic rings. The third-order valence-corrected chi connectivity index (χ3v) is 3.96. The molecule has 0 aliphatic carbocycles. The van der Waals surface area contributed by atoms with E-state index in [1.807, 2.05) is 0 Å². The third-order valence-electron chi connectivity index (χ3n) is 3.71. The molecular formula is C19H19ClN2O4. The molecule has 0 fully saturated rings. The molecule has 7 heteroatoms. The number of hydrogen-bond acceptors (Lipinski definition) is 4. The number of hydrogen-bond donors (Lipinski definition) is 3. The van der Waals surface area contributed by atoms with E-state index >= 15 is 0 Å². The SMILES string of the molecule is COc1ccc(NC(=O)c2ccc(Cl)cc2)c(/C(CC(=O)O)=C(\C)N)c1. The first kappa shape index (κ1) is 19.3. The van der Waals surface area contributed by atoms with Gasteiger partial charge in [-0.2, -0.15) is 0 Å². The number of rotatable bonds is 6. The molecule has 0 spiro atoms. The van der Waals surface area contributed by atoms with Crippen molar-refractivity contribution in [2.45, 2.75) is 13.3 Å². The van der Waals surface area contributed by atoms with E-state index in [9.17, 15) is 14.7 Å². The van der Waals surface area contributed by atoms with Crippen LogP contribution >= 0.6 is 11.6 Å². The highest BCUT2D eigenvalue weighted by Crippen LogP contribution is 2.32. The summed E-state index contributed by atoms with van der Waals surface area (Å²) < 4.78 is 5.21. The van der Waals surface area contributed by atoms with Crippen molar-refractivity contribution < 1.29 is 19.4 Å². The number of nitrogens with one attached hydrogen (secondary N) is 1. The quantitative estimate of drug-likeness (QED) is 0.714. The highest BCUT2D eigenvalue weighted by molar-refractivity contribution is 6.30. The van der Waals surface area contributed by atoms with Crippen molar-refractivity contribution in [3.63, 3.8) is 0 Å². The van der Waals surface area contributed by atoms with Gasteiger partial charge in [0.15, 0.2) is 0 Å². The van der Waals surface area contributed by atoms with Crippen molar-refractivity contribution in [2.75, 3.05) is 12.4 Å². The fraction of sp³-hybridized carbons (Fsp3) is 0.158. The molecule has 0 saturated heterocycles. The fourth-order valence-corrected chi connectivity index (χ4v) is 2.53. The number of carbonyl (C=O) groups is 2. The number of nitrogens with two attached hydrogens (primary N) is 1.